The van der Waals surface area contributed by atoms with Crippen LogP contribution in [0.5, 0.6) is 0 Å². The Balaban J connectivity index is 1.93. The third-order valence-corrected chi connectivity index (χ3v) is 3.90. The number of aromatic nitrogens is 3. The molecule has 102 valence electrons. The van der Waals surface area contributed by atoms with E-state index in [1.165, 1.54) is 23.5 Å². The molecule has 0 unspecified atom stereocenters. The minimum Gasteiger partial charge on any atom is -0.431 e. The van der Waals surface area contributed by atoms with Gasteiger partial charge in [0.1, 0.15) is 16.4 Å². The molecule has 0 fully saturated rings. The van der Waals surface area contributed by atoms with Crippen molar-refractivity contribution in [1.82, 2.24) is 15.0 Å². The second-order valence-corrected chi connectivity index (χ2v) is 5.62. The Morgan fingerprint density at radius 3 is 2.75 bits per heavy atom. The number of nitrogens with zero attached hydrogens (tertiary/aromatic N) is 3. The van der Waals surface area contributed by atoms with Crippen LogP contribution in [0.1, 0.15) is 0 Å². The molecule has 5 nitrogen and oxygen atoms in total. The van der Waals surface area contributed by atoms with Crippen molar-refractivity contribution in [3.05, 3.63) is 30.3 Å². The zero-order valence-corrected chi connectivity index (χ0v) is 12.6. The summed E-state index contributed by atoms with van der Waals surface area (Å²) in [6, 6.07) is 9.57. The molecular weight excluding hydrogens is 292 g/mol. The first-order valence-electron chi connectivity index (χ1n) is 5.93. The highest BCUT2D eigenvalue weighted by atomic mass is 32.2. The summed E-state index contributed by atoms with van der Waals surface area (Å²) in [6.07, 6.45) is 1.95. The number of thioether (sulfide) groups is 1. The Kier molecular flexibility index (Phi) is 3.79. The highest BCUT2D eigenvalue weighted by molar-refractivity contribution is 7.99. The summed E-state index contributed by atoms with van der Waals surface area (Å²) < 4.78 is 5.68. The fraction of sp³-hybridized carbons (Fsp3) is 0.154. The van der Waals surface area contributed by atoms with E-state index in [1.54, 1.807) is 0 Å². The van der Waals surface area contributed by atoms with Gasteiger partial charge < -0.3 is 9.73 Å². The predicted molar refractivity (Wildman–Crippen MR) is 81.5 cm³/mol. The number of benzene rings is 1. The molecule has 20 heavy (non-hydrogen) atoms. The smallest absolute Gasteiger partial charge is 0.263 e. The second-order valence-electron chi connectivity index (χ2n) is 3.88. The number of oxazole rings is 1. The van der Waals surface area contributed by atoms with Crippen molar-refractivity contribution in [2.75, 3.05) is 18.6 Å². The van der Waals surface area contributed by atoms with Gasteiger partial charge in [-0.25, -0.2) is 15.0 Å². The maximum absolute atomic E-state index is 5.68. The van der Waals surface area contributed by atoms with E-state index in [2.05, 4.69) is 20.3 Å². The summed E-state index contributed by atoms with van der Waals surface area (Å²) in [4.78, 5) is 13.2. The lowest BCUT2D eigenvalue weighted by Gasteiger charge is -2.03. The van der Waals surface area contributed by atoms with Crippen molar-refractivity contribution in [3.63, 3.8) is 0 Å². The molecule has 0 aliphatic rings. The third kappa shape index (κ3) is 2.73. The van der Waals surface area contributed by atoms with Crippen LogP contribution in [0.4, 0.5) is 5.82 Å². The maximum Gasteiger partial charge on any atom is 0.263 e. The Labute approximate surface area is 124 Å². The molecule has 0 saturated carbocycles. The monoisotopic (exact) mass is 304 g/mol. The van der Waals surface area contributed by atoms with E-state index in [4.69, 9.17) is 4.42 Å². The van der Waals surface area contributed by atoms with Gasteiger partial charge in [-0.2, -0.15) is 0 Å². The van der Waals surface area contributed by atoms with Crippen LogP contribution in [0.25, 0.3) is 11.1 Å². The summed E-state index contributed by atoms with van der Waals surface area (Å²) in [5, 5.41) is 5.13. The number of hydrogen-bond acceptors (Lipinski definition) is 7. The molecule has 7 heteroatoms. The van der Waals surface area contributed by atoms with Crippen LogP contribution in [-0.4, -0.2) is 28.3 Å². The zero-order chi connectivity index (χ0) is 13.9. The average molecular weight is 304 g/mol. The fourth-order valence-corrected chi connectivity index (χ4v) is 2.85. The Morgan fingerprint density at radius 1 is 1.15 bits per heavy atom. The van der Waals surface area contributed by atoms with Crippen LogP contribution in [0.3, 0.4) is 0 Å². The number of para-hydroxylation sites is 2. The molecule has 0 amide bonds. The van der Waals surface area contributed by atoms with Crippen molar-refractivity contribution < 1.29 is 4.42 Å². The van der Waals surface area contributed by atoms with E-state index < -0.39 is 0 Å². The molecule has 0 aliphatic heterocycles. The van der Waals surface area contributed by atoms with Crippen molar-refractivity contribution in [3.8, 4) is 0 Å². The van der Waals surface area contributed by atoms with Gasteiger partial charge in [0, 0.05) is 13.1 Å². The molecule has 3 aromatic rings. The van der Waals surface area contributed by atoms with Crippen LogP contribution in [0.2, 0.25) is 0 Å². The molecule has 0 radical (unpaired) electrons. The van der Waals surface area contributed by atoms with E-state index in [9.17, 15) is 0 Å². The number of nitrogens with one attached hydrogen (secondary N) is 1. The molecule has 0 spiro atoms. The summed E-state index contributed by atoms with van der Waals surface area (Å²) >= 11 is 2.89. The van der Waals surface area contributed by atoms with Crippen molar-refractivity contribution in [1.29, 1.82) is 0 Å². The summed E-state index contributed by atoms with van der Waals surface area (Å²) in [6.45, 7) is 0. The predicted octanol–water partition coefficient (Wildman–Crippen LogP) is 3.53. The van der Waals surface area contributed by atoms with Gasteiger partial charge in [-0.15, -0.1) is 0 Å². The molecule has 1 N–H and O–H groups in total. The number of rotatable bonds is 4. The normalized spacial score (nSPS) is 10.9. The van der Waals surface area contributed by atoms with E-state index in [0.717, 1.165) is 27.1 Å². The van der Waals surface area contributed by atoms with Crippen LogP contribution in [0.15, 0.2) is 50.2 Å². The maximum atomic E-state index is 5.68. The standard InChI is InChI=1S/C13H12N4OS2/c1-14-10-7-11(17-12(16-10)19-2)20-13-15-8-5-3-4-6-9(8)18-13/h3-7H,1-2H3,(H,14,16,17). The average Bonchev–Trinajstić information content (AvgIpc) is 2.88. The highest BCUT2D eigenvalue weighted by Gasteiger charge is 2.10. The fourth-order valence-electron chi connectivity index (χ4n) is 1.66. The first-order valence-corrected chi connectivity index (χ1v) is 7.97. The van der Waals surface area contributed by atoms with Gasteiger partial charge in [0.05, 0.1) is 0 Å². The quantitative estimate of drug-likeness (QED) is 0.449. The number of fused-ring (bicyclic) bond motifs is 1. The zero-order valence-electron chi connectivity index (χ0n) is 11.0. The topological polar surface area (TPSA) is 63.8 Å². The minimum absolute atomic E-state index is 0.582. The van der Waals surface area contributed by atoms with Crippen LogP contribution < -0.4 is 5.32 Å². The van der Waals surface area contributed by atoms with Gasteiger partial charge >= 0.3 is 0 Å². The summed E-state index contributed by atoms with van der Waals surface area (Å²) in [7, 11) is 1.83. The lowest BCUT2D eigenvalue weighted by Crippen LogP contribution is -1.96. The number of hydrogen-bond donors (Lipinski definition) is 1. The lowest BCUT2D eigenvalue weighted by molar-refractivity contribution is 0.489. The van der Waals surface area contributed by atoms with Gasteiger partial charge in [-0.3, -0.25) is 0 Å². The molecule has 1 aromatic carbocycles. The van der Waals surface area contributed by atoms with Crippen molar-refractivity contribution in [2.24, 2.45) is 0 Å². The molecule has 2 heterocycles. The van der Waals surface area contributed by atoms with Crippen LogP contribution in [-0.2, 0) is 0 Å². The van der Waals surface area contributed by atoms with Gasteiger partial charge in [-0.1, -0.05) is 23.9 Å². The van der Waals surface area contributed by atoms with Crippen molar-refractivity contribution in [2.45, 2.75) is 15.4 Å². The summed E-state index contributed by atoms with van der Waals surface area (Å²) in [5.74, 6) is 0.781. The first-order chi connectivity index (χ1) is 9.78. The number of anilines is 1. The molecule has 0 saturated heterocycles. The molecule has 3 rings (SSSR count). The Hall–Kier alpha value is -1.73. The largest absolute Gasteiger partial charge is 0.431 e. The van der Waals surface area contributed by atoms with E-state index in [-0.39, 0.29) is 0 Å². The Bertz CT molecular complexity index is 689. The van der Waals surface area contributed by atoms with Gasteiger partial charge in [-0.05, 0) is 30.2 Å². The summed E-state index contributed by atoms with van der Waals surface area (Å²) in [5.41, 5.74) is 1.63. The minimum atomic E-state index is 0.582. The van der Waals surface area contributed by atoms with Crippen LogP contribution >= 0.6 is 23.5 Å². The molecule has 2 aromatic heterocycles. The van der Waals surface area contributed by atoms with Crippen molar-refractivity contribution >= 4 is 40.4 Å². The molecule has 0 aliphatic carbocycles. The van der Waals surface area contributed by atoms with E-state index in [0.29, 0.717) is 5.22 Å². The SMILES string of the molecule is CNc1cc(Sc2nc3ccccc3o2)nc(SC)n1. The van der Waals surface area contributed by atoms with Gasteiger partial charge in [0.15, 0.2) is 10.7 Å². The van der Waals surface area contributed by atoms with E-state index >= 15 is 0 Å². The molecule has 0 bridgehead atoms. The lowest BCUT2D eigenvalue weighted by atomic mass is 10.3. The van der Waals surface area contributed by atoms with E-state index in [1.807, 2.05) is 43.6 Å². The van der Waals surface area contributed by atoms with Crippen LogP contribution in [0, 0.1) is 0 Å². The van der Waals surface area contributed by atoms with Gasteiger partial charge in [0.2, 0.25) is 0 Å². The first kappa shape index (κ1) is 13.3. The third-order valence-electron chi connectivity index (χ3n) is 2.59. The highest BCUT2D eigenvalue weighted by Crippen LogP contribution is 2.30. The molecular formula is C13H12N4OS2. The van der Waals surface area contributed by atoms with Gasteiger partial charge in [0.25, 0.3) is 5.22 Å². The second kappa shape index (κ2) is 5.72. The Morgan fingerprint density at radius 2 is 2.00 bits per heavy atom. The molecule has 0 atom stereocenters.